The van der Waals surface area contributed by atoms with Crippen molar-refractivity contribution in [3.05, 3.63) is 70.4 Å². The van der Waals surface area contributed by atoms with Gasteiger partial charge in [0, 0.05) is 29.3 Å². The van der Waals surface area contributed by atoms with Gasteiger partial charge in [-0.2, -0.15) is 4.98 Å². The van der Waals surface area contributed by atoms with Gasteiger partial charge in [0.15, 0.2) is 11.5 Å². The fraction of sp³-hybridized carbons (Fsp3) is 0.125. The first-order valence-electron chi connectivity index (χ1n) is 10.0. The Balaban J connectivity index is 1.94. The summed E-state index contributed by atoms with van der Waals surface area (Å²) in [6.45, 7) is 0. The monoisotopic (exact) mass is 475 g/mol. The number of nitrogen functional groups attached to an aromatic ring is 2. The highest BCUT2D eigenvalue weighted by Crippen LogP contribution is 2.33. The predicted molar refractivity (Wildman–Crippen MR) is 127 cm³/mol. The number of methoxy groups -OCH3 is 2. The molecule has 0 aliphatic carbocycles. The molecule has 11 nitrogen and oxygen atoms in total. The first-order chi connectivity index (χ1) is 16.8. The Morgan fingerprint density at radius 1 is 1.09 bits per heavy atom. The lowest BCUT2D eigenvalue weighted by molar-refractivity contribution is -0.129. The third-order valence-electron chi connectivity index (χ3n) is 4.86. The lowest BCUT2D eigenvalue weighted by Crippen LogP contribution is -2.23. The molecule has 3 aromatic rings. The summed E-state index contributed by atoms with van der Waals surface area (Å²) in [6.07, 6.45) is 1.95. The van der Waals surface area contributed by atoms with Crippen molar-refractivity contribution in [2.75, 3.05) is 25.7 Å². The SMILES string of the molecule is COc1cc(Cc2cnc(N)nc2N)cc(C#Cc2ccc(C(=O)/C(=N\O)C(=O)O)cc2)c1OC. The number of nitrogens with zero attached hydrogens (tertiary/aromatic N) is 3. The molecule has 0 spiro atoms. The Labute approximate surface area is 200 Å². The summed E-state index contributed by atoms with van der Waals surface area (Å²) in [5.41, 5.74) is 13.2. The molecule has 0 bridgehead atoms. The minimum atomic E-state index is -1.63. The number of carbonyl (C=O) groups is 2. The van der Waals surface area contributed by atoms with E-state index in [1.165, 1.54) is 38.5 Å². The molecule has 0 saturated heterocycles. The van der Waals surface area contributed by atoms with Gasteiger partial charge in [0.05, 0.1) is 19.8 Å². The lowest BCUT2D eigenvalue weighted by atomic mass is 10.0. The number of anilines is 2. The van der Waals surface area contributed by atoms with Gasteiger partial charge in [0.2, 0.25) is 17.4 Å². The van der Waals surface area contributed by atoms with Crippen LogP contribution in [0.15, 0.2) is 47.8 Å². The largest absolute Gasteiger partial charge is 0.493 e. The molecule has 0 radical (unpaired) electrons. The summed E-state index contributed by atoms with van der Waals surface area (Å²) >= 11 is 0. The van der Waals surface area contributed by atoms with Crippen molar-refractivity contribution in [1.82, 2.24) is 9.97 Å². The molecule has 1 aromatic heterocycles. The van der Waals surface area contributed by atoms with Crippen LogP contribution in [0.1, 0.15) is 32.6 Å². The number of Topliss-reactive ketones (excluding diaryl/α,β-unsaturated/α-hetero) is 1. The van der Waals surface area contributed by atoms with Crippen molar-refractivity contribution in [1.29, 1.82) is 0 Å². The highest BCUT2D eigenvalue weighted by molar-refractivity contribution is 6.67. The number of oxime groups is 1. The summed E-state index contributed by atoms with van der Waals surface area (Å²) < 4.78 is 10.9. The van der Waals surface area contributed by atoms with E-state index in [9.17, 15) is 9.59 Å². The number of ketones is 1. The van der Waals surface area contributed by atoms with Crippen LogP contribution in [0, 0.1) is 11.8 Å². The van der Waals surface area contributed by atoms with Crippen molar-refractivity contribution >= 4 is 29.2 Å². The van der Waals surface area contributed by atoms with E-state index in [1.807, 2.05) is 6.07 Å². The van der Waals surface area contributed by atoms with Gasteiger partial charge in [0.25, 0.3) is 0 Å². The molecule has 0 amide bonds. The van der Waals surface area contributed by atoms with Crippen LogP contribution in [0.5, 0.6) is 11.5 Å². The van der Waals surface area contributed by atoms with Gasteiger partial charge in [-0.25, -0.2) is 9.78 Å². The van der Waals surface area contributed by atoms with Crippen LogP contribution in [-0.4, -0.2) is 52.0 Å². The van der Waals surface area contributed by atoms with E-state index in [0.717, 1.165) is 5.56 Å². The number of rotatable bonds is 7. The molecule has 11 heteroatoms. The lowest BCUT2D eigenvalue weighted by Gasteiger charge is -2.13. The first kappa shape index (κ1) is 24.5. The number of ether oxygens (including phenoxy) is 2. The van der Waals surface area contributed by atoms with Gasteiger partial charge >= 0.3 is 5.97 Å². The van der Waals surface area contributed by atoms with Crippen molar-refractivity contribution in [2.45, 2.75) is 6.42 Å². The number of carboxylic acids is 1. The summed E-state index contributed by atoms with van der Waals surface area (Å²) in [7, 11) is 3.01. The Kier molecular flexibility index (Phi) is 7.48. The van der Waals surface area contributed by atoms with E-state index in [-0.39, 0.29) is 17.3 Å². The Bertz CT molecular complexity index is 1370. The quantitative estimate of drug-likeness (QED) is 0.0980. The van der Waals surface area contributed by atoms with Crippen LogP contribution in [0.2, 0.25) is 0 Å². The van der Waals surface area contributed by atoms with Crippen molar-refractivity contribution in [2.24, 2.45) is 5.16 Å². The molecule has 0 unspecified atom stereocenters. The van der Waals surface area contributed by atoms with Gasteiger partial charge in [-0.15, -0.1) is 0 Å². The third kappa shape index (κ3) is 5.63. The molecule has 178 valence electrons. The Morgan fingerprint density at radius 3 is 2.37 bits per heavy atom. The smallest absolute Gasteiger partial charge is 0.362 e. The van der Waals surface area contributed by atoms with Crippen LogP contribution in [0.4, 0.5) is 11.8 Å². The van der Waals surface area contributed by atoms with Gasteiger partial charge in [-0.05, 0) is 42.0 Å². The van der Waals surface area contributed by atoms with Gasteiger partial charge < -0.3 is 31.3 Å². The normalized spacial score (nSPS) is 10.7. The maximum Gasteiger partial charge on any atom is 0.362 e. The van der Waals surface area contributed by atoms with E-state index in [0.29, 0.717) is 34.6 Å². The predicted octanol–water partition coefficient (Wildman–Crippen LogP) is 1.75. The van der Waals surface area contributed by atoms with Gasteiger partial charge in [-0.3, -0.25) is 4.79 Å². The van der Waals surface area contributed by atoms with Crippen molar-refractivity contribution < 1.29 is 29.4 Å². The van der Waals surface area contributed by atoms with Crippen LogP contribution < -0.4 is 20.9 Å². The second-order valence-electron chi connectivity index (χ2n) is 7.10. The van der Waals surface area contributed by atoms with Crippen LogP contribution in [-0.2, 0) is 11.2 Å². The molecule has 2 aromatic carbocycles. The number of carboxylic acid groups (broad SMARTS) is 1. The molecule has 35 heavy (non-hydrogen) atoms. The second-order valence-corrected chi connectivity index (χ2v) is 7.10. The maximum absolute atomic E-state index is 12.1. The molecule has 0 atom stereocenters. The summed E-state index contributed by atoms with van der Waals surface area (Å²) in [5, 5.41) is 20.2. The number of aliphatic carboxylic acids is 1. The first-order valence-corrected chi connectivity index (χ1v) is 10.0. The van der Waals surface area contributed by atoms with Crippen LogP contribution in [0.25, 0.3) is 0 Å². The zero-order valence-corrected chi connectivity index (χ0v) is 18.8. The van der Waals surface area contributed by atoms with Gasteiger partial charge in [0.1, 0.15) is 5.82 Å². The fourth-order valence-electron chi connectivity index (χ4n) is 3.17. The van der Waals surface area contributed by atoms with Crippen molar-refractivity contribution in [3.63, 3.8) is 0 Å². The Hall–Kier alpha value is -5.11. The van der Waals surface area contributed by atoms with E-state index in [4.69, 9.17) is 31.3 Å². The summed E-state index contributed by atoms with van der Waals surface area (Å²) in [6, 6.07) is 9.47. The highest BCUT2D eigenvalue weighted by atomic mass is 16.5. The van der Waals surface area contributed by atoms with Crippen LogP contribution in [0.3, 0.4) is 0 Å². The standard InChI is InChI=1S/C24H21N5O6/c1-34-18-11-14(10-17-12-27-24(26)28-22(17)25)9-16(21(18)35-2)8-5-13-3-6-15(7-4-13)20(30)19(29-33)23(31)32/h3-4,6-7,9,11-12,33H,10H2,1-2H3,(H,31,32)(H4,25,26,27,28)/b29-19+. The fourth-order valence-corrected chi connectivity index (χ4v) is 3.17. The number of aromatic nitrogens is 2. The average molecular weight is 475 g/mol. The number of hydrogen-bond acceptors (Lipinski definition) is 10. The van der Waals surface area contributed by atoms with E-state index in [2.05, 4.69) is 27.0 Å². The minimum absolute atomic E-state index is 0.0373. The number of carbonyl (C=O) groups excluding carboxylic acids is 1. The number of nitrogens with two attached hydrogens (primary N) is 2. The number of hydrogen-bond donors (Lipinski definition) is 4. The maximum atomic E-state index is 12.1. The molecular formula is C24H21N5O6. The van der Waals surface area contributed by atoms with E-state index in [1.54, 1.807) is 12.3 Å². The van der Waals surface area contributed by atoms with E-state index >= 15 is 0 Å². The van der Waals surface area contributed by atoms with Crippen molar-refractivity contribution in [3.8, 4) is 23.3 Å². The zero-order valence-electron chi connectivity index (χ0n) is 18.8. The topological polar surface area (TPSA) is 183 Å². The molecule has 0 fully saturated rings. The molecule has 3 rings (SSSR count). The molecular weight excluding hydrogens is 454 g/mol. The molecule has 6 N–H and O–H groups in total. The Morgan fingerprint density at radius 2 is 1.80 bits per heavy atom. The molecule has 0 saturated carbocycles. The molecule has 0 aliphatic heterocycles. The highest BCUT2D eigenvalue weighted by Gasteiger charge is 2.21. The average Bonchev–Trinajstić information content (AvgIpc) is 2.84. The third-order valence-corrected chi connectivity index (χ3v) is 4.86. The van der Waals surface area contributed by atoms with Gasteiger partial charge in [-0.1, -0.05) is 17.0 Å². The summed E-state index contributed by atoms with van der Waals surface area (Å²) in [4.78, 5) is 31.1. The summed E-state index contributed by atoms with van der Waals surface area (Å²) in [5.74, 6) is 4.69. The second kappa shape index (κ2) is 10.7. The number of benzene rings is 2. The van der Waals surface area contributed by atoms with Crippen LogP contribution >= 0.6 is 0 Å². The van der Waals surface area contributed by atoms with E-state index < -0.39 is 17.5 Å². The zero-order chi connectivity index (χ0) is 25.5. The molecule has 0 aliphatic rings. The minimum Gasteiger partial charge on any atom is -0.493 e. The molecule has 1 heterocycles.